The fourth-order valence-electron chi connectivity index (χ4n) is 4.22. The Morgan fingerprint density at radius 3 is 2.32 bits per heavy atom. The van der Waals surface area contributed by atoms with Crippen LogP contribution in [0.25, 0.3) is 0 Å². The highest BCUT2D eigenvalue weighted by Gasteiger charge is 2.41. The summed E-state index contributed by atoms with van der Waals surface area (Å²) in [6.45, 7) is 8.44. The molecule has 6 nitrogen and oxygen atoms in total. The lowest BCUT2D eigenvalue weighted by Crippen LogP contribution is -2.50. The number of carbonyl (C=O) groups excluding carboxylic acids is 2. The van der Waals surface area contributed by atoms with Crippen LogP contribution in [0.2, 0.25) is 0 Å². The van der Waals surface area contributed by atoms with E-state index in [1.807, 2.05) is 32.2 Å². The van der Waals surface area contributed by atoms with Gasteiger partial charge in [0.05, 0.1) is 5.69 Å². The number of nitrogens with one attached hydrogen (secondary N) is 2. The van der Waals surface area contributed by atoms with Crippen LogP contribution in [0.4, 0.5) is 5.82 Å². The molecule has 0 spiro atoms. The van der Waals surface area contributed by atoms with Crippen LogP contribution < -0.4 is 10.6 Å². The van der Waals surface area contributed by atoms with Gasteiger partial charge in [0.1, 0.15) is 11.9 Å². The van der Waals surface area contributed by atoms with E-state index < -0.39 is 6.04 Å². The molecule has 0 aliphatic carbocycles. The highest BCUT2D eigenvalue weighted by Crippen LogP contribution is 2.39. The number of hydrogen-bond donors (Lipinski definition) is 2. The van der Waals surface area contributed by atoms with E-state index in [-0.39, 0.29) is 23.1 Å². The van der Waals surface area contributed by atoms with Gasteiger partial charge in [0.15, 0.2) is 0 Å². The predicted molar refractivity (Wildman–Crippen MR) is 121 cm³/mol. The Morgan fingerprint density at radius 1 is 1.06 bits per heavy atom. The third kappa shape index (κ3) is 3.85. The van der Waals surface area contributed by atoms with Crippen molar-refractivity contribution in [3.05, 3.63) is 82.5 Å². The van der Waals surface area contributed by atoms with Gasteiger partial charge in [-0.1, -0.05) is 63.2 Å². The molecule has 1 aliphatic rings. The Bertz CT molecular complexity index is 1120. The second-order valence-electron chi connectivity index (χ2n) is 9.13. The summed E-state index contributed by atoms with van der Waals surface area (Å²) in [6.07, 6.45) is 0. The van der Waals surface area contributed by atoms with Crippen LogP contribution in [-0.2, 0) is 17.3 Å². The largest absolute Gasteiger partial charge is 0.339 e. The topological polar surface area (TPSA) is 76.0 Å². The number of amides is 2. The van der Waals surface area contributed by atoms with Gasteiger partial charge >= 0.3 is 0 Å². The summed E-state index contributed by atoms with van der Waals surface area (Å²) < 4.78 is 1.69. The van der Waals surface area contributed by atoms with Crippen molar-refractivity contribution in [3.63, 3.8) is 0 Å². The number of hydrogen-bond acceptors (Lipinski definition) is 3. The van der Waals surface area contributed by atoms with Crippen LogP contribution in [-0.4, -0.2) is 27.6 Å². The quantitative estimate of drug-likeness (QED) is 0.680. The summed E-state index contributed by atoms with van der Waals surface area (Å²) >= 11 is 0. The third-order valence-corrected chi connectivity index (χ3v) is 5.90. The zero-order valence-electron chi connectivity index (χ0n) is 18.6. The lowest BCUT2D eigenvalue weighted by molar-refractivity contribution is -0.118. The smallest absolute Gasteiger partial charge is 0.251 e. The normalized spacial score (nSPS) is 18.3. The molecule has 0 radical (unpaired) electrons. The molecule has 0 fully saturated rings. The number of fused-ring (bicyclic) bond motifs is 1. The molecule has 2 aromatic carbocycles. The number of aromatic nitrogens is 2. The second-order valence-corrected chi connectivity index (χ2v) is 9.13. The van der Waals surface area contributed by atoms with Gasteiger partial charge in [-0.15, -0.1) is 0 Å². The summed E-state index contributed by atoms with van der Waals surface area (Å²) in [5.41, 5.74) is 4.50. The van der Waals surface area contributed by atoms with Gasteiger partial charge in [-0.05, 0) is 35.6 Å². The minimum absolute atomic E-state index is 0.0266. The van der Waals surface area contributed by atoms with Crippen molar-refractivity contribution < 1.29 is 9.59 Å². The van der Waals surface area contributed by atoms with Crippen molar-refractivity contribution in [2.75, 3.05) is 5.32 Å². The van der Waals surface area contributed by atoms with E-state index in [0.29, 0.717) is 11.4 Å². The molecule has 0 saturated carbocycles. The van der Waals surface area contributed by atoms with Crippen LogP contribution in [0, 0.1) is 6.92 Å². The summed E-state index contributed by atoms with van der Waals surface area (Å²) in [5.74, 6) is -0.177. The Kier molecular flexibility index (Phi) is 5.17. The van der Waals surface area contributed by atoms with E-state index in [2.05, 4.69) is 60.8 Å². The third-order valence-electron chi connectivity index (χ3n) is 5.90. The number of carbonyl (C=O) groups is 2. The molecule has 3 aromatic rings. The standard InChI is InChI=1S/C25H28N4O2/c1-15-19-20(16-11-13-18(14-12-16)25(2,3)4)21(24(31)27-22(19)29(5)28-15)26-23(30)17-9-7-6-8-10-17/h6-14,20-21H,1-5H3,(H,26,30)(H,27,31)/t20-,21-/m0/s1. The maximum Gasteiger partial charge on any atom is 0.251 e. The van der Waals surface area contributed by atoms with Gasteiger partial charge in [-0.2, -0.15) is 5.10 Å². The lowest BCUT2D eigenvalue weighted by Gasteiger charge is -2.33. The molecule has 4 rings (SSSR count). The van der Waals surface area contributed by atoms with Crippen LogP contribution in [0.5, 0.6) is 0 Å². The van der Waals surface area contributed by atoms with Gasteiger partial charge in [-0.3, -0.25) is 14.3 Å². The van der Waals surface area contributed by atoms with Crippen molar-refractivity contribution in [2.24, 2.45) is 7.05 Å². The van der Waals surface area contributed by atoms with E-state index in [9.17, 15) is 9.59 Å². The van der Waals surface area contributed by atoms with Crippen molar-refractivity contribution in [1.29, 1.82) is 0 Å². The number of nitrogens with zero attached hydrogens (tertiary/aromatic N) is 2. The molecule has 160 valence electrons. The van der Waals surface area contributed by atoms with E-state index in [4.69, 9.17) is 0 Å². The Morgan fingerprint density at radius 2 is 1.71 bits per heavy atom. The Hall–Kier alpha value is -3.41. The van der Waals surface area contributed by atoms with Gasteiger partial charge in [0, 0.05) is 24.1 Å². The second kappa shape index (κ2) is 7.69. The molecule has 0 unspecified atom stereocenters. The summed E-state index contributed by atoms with van der Waals surface area (Å²) in [5, 5.41) is 10.4. The van der Waals surface area contributed by atoms with Crippen LogP contribution in [0.1, 0.15) is 59.4 Å². The average Bonchev–Trinajstić information content (AvgIpc) is 3.01. The first kappa shape index (κ1) is 20.8. The molecule has 0 bridgehead atoms. The number of aryl methyl sites for hydroxylation is 2. The first-order chi connectivity index (χ1) is 14.7. The van der Waals surface area contributed by atoms with Crippen molar-refractivity contribution in [1.82, 2.24) is 15.1 Å². The van der Waals surface area contributed by atoms with E-state index in [1.165, 1.54) is 5.56 Å². The van der Waals surface area contributed by atoms with E-state index >= 15 is 0 Å². The first-order valence-electron chi connectivity index (χ1n) is 10.5. The van der Waals surface area contributed by atoms with Crippen LogP contribution in [0.3, 0.4) is 0 Å². The van der Waals surface area contributed by atoms with Crippen molar-refractivity contribution in [3.8, 4) is 0 Å². The minimum Gasteiger partial charge on any atom is -0.339 e. The fraction of sp³-hybridized carbons (Fsp3) is 0.320. The zero-order chi connectivity index (χ0) is 22.3. The number of benzene rings is 2. The van der Waals surface area contributed by atoms with Crippen LogP contribution >= 0.6 is 0 Å². The van der Waals surface area contributed by atoms with E-state index in [0.717, 1.165) is 16.8 Å². The first-order valence-corrected chi connectivity index (χ1v) is 10.5. The molecule has 2 heterocycles. The molecule has 31 heavy (non-hydrogen) atoms. The van der Waals surface area contributed by atoms with Gasteiger partial charge in [-0.25, -0.2) is 0 Å². The number of rotatable bonds is 3. The number of anilines is 1. The SMILES string of the molecule is Cc1nn(C)c2c1[C@H](c1ccc(C(C)(C)C)cc1)[C@H](NC(=O)c1ccccc1)C(=O)N2. The predicted octanol–water partition coefficient (Wildman–Crippen LogP) is 3.91. The monoisotopic (exact) mass is 416 g/mol. The molecule has 1 aromatic heterocycles. The van der Waals surface area contributed by atoms with Crippen molar-refractivity contribution in [2.45, 2.75) is 45.1 Å². The summed E-state index contributed by atoms with van der Waals surface area (Å²) in [4.78, 5) is 26.0. The maximum atomic E-state index is 13.1. The van der Waals surface area contributed by atoms with Gasteiger partial charge < -0.3 is 10.6 Å². The summed E-state index contributed by atoms with van der Waals surface area (Å²) in [7, 11) is 1.81. The lowest BCUT2D eigenvalue weighted by atomic mass is 9.80. The summed E-state index contributed by atoms with van der Waals surface area (Å²) in [6, 6.07) is 16.5. The Labute approximate surface area is 182 Å². The molecule has 1 aliphatic heterocycles. The molecule has 6 heteroatoms. The fourth-order valence-corrected chi connectivity index (χ4v) is 4.22. The zero-order valence-corrected chi connectivity index (χ0v) is 18.6. The van der Waals surface area contributed by atoms with E-state index in [1.54, 1.807) is 16.8 Å². The highest BCUT2D eigenvalue weighted by atomic mass is 16.2. The molecular formula is C25H28N4O2. The average molecular weight is 417 g/mol. The molecule has 0 saturated heterocycles. The highest BCUT2D eigenvalue weighted by molar-refractivity contribution is 6.03. The maximum absolute atomic E-state index is 13.1. The van der Waals surface area contributed by atoms with Gasteiger partial charge in [0.2, 0.25) is 5.91 Å². The minimum atomic E-state index is -0.747. The molecule has 2 N–H and O–H groups in total. The molecule has 2 amide bonds. The van der Waals surface area contributed by atoms with Crippen molar-refractivity contribution >= 4 is 17.6 Å². The molecular weight excluding hydrogens is 388 g/mol. The van der Waals surface area contributed by atoms with Crippen LogP contribution in [0.15, 0.2) is 54.6 Å². The molecule has 2 atom stereocenters. The Balaban J connectivity index is 1.78. The van der Waals surface area contributed by atoms with Gasteiger partial charge in [0.25, 0.3) is 5.91 Å².